The molecular formula is C20H24N2O4S. The normalized spacial score (nSPS) is 18.1. The van der Waals surface area contributed by atoms with Gasteiger partial charge in [0.1, 0.15) is 5.75 Å². The molecule has 1 unspecified atom stereocenters. The van der Waals surface area contributed by atoms with Crippen LogP contribution in [0, 0.1) is 0 Å². The summed E-state index contributed by atoms with van der Waals surface area (Å²) in [6.45, 7) is 2.75. The van der Waals surface area contributed by atoms with Gasteiger partial charge in [-0.1, -0.05) is 0 Å². The molecular weight excluding hydrogens is 364 g/mol. The van der Waals surface area contributed by atoms with Gasteiger partial charge in [0.15, 0.2) is 9.84 Å². The Bertz CT molecular complexity index is 893. The summed E-state index contributed by atoms with van der Waals surface area (Å²) in [5.41, 5.74) is 2.20. The van der Waals surface area contributed by atoms with E-state index in [9.17, 15) is 13.2 Å². The van der Waals surface area contributed by atoms with Gasteiger partial charge in [-0.15, -0.1) is 0 Å². The SMILES string of the molecule is CCN(c1ccc(NC(=O)c2ccc(OC)cc2)cc1)C1CCS(=O)(=O)C1. The Morgan fingerprint density at radius 1 is 1.15 bits per heavy atom. The average molecular weight is 388 g/mol. The second kappa shape index (κ2) is 8.00. The van der Waals surface area contributed by atoms with Gasteiger partial charge in [0.05, 0.1) is 18.6 Å². The second-order valence-corrected chi connectivity index (χ2v) is 8.80. The van der Waals surface area contributed by atoms with Crippen molar-refractivity contribution >= 4 is 27.1 Å². The fraction of sp³-hybridized carbons (Fsp3) is 0.350. The minimum absolute atomic E-state index is 0.0136. The molecule has 0 bridgehead atoms. The fourth-order valence-electron chi connectivity index (χ4n) is 3.35. The van der Waals surface area contributed by atoms with Crippen molar-refractivity contribution in [1.82, 2.24) is 0 Å². The maximum atomic E-state index is 12.3. The highest BCUT2D eigenvalue weighted by molar-refractivity contribution is 7.91. The van der Waals surface area contributed by atoms with Gasteiger partial charge >= 0.3 is 0 Å². The van der Waals surface area contributed by atoms with Crippen LogP contribution in [0.2, 0.25) is 0 Å². The molecule has 1 aliphatic rings. The molecule has 0 aliphatic carbocycles. The van der Waals surface area contributed by atoms with Crippen LogP contribution in [0.3, 0.4) is 0 Å². The van der Waals surface area contributed by atoms with Gasteiger partial charge in [0.2, 0.25) is 0 Å². The van der Waals surface area contributed by atoms with E-state index in [-0.39, 0.29) is 23.5 Å². The van der Waals surface area contributed by atoms with Crippen molar-refractivity contribution in [3.05, 3.63) is 54.1 Å². The molecule has 1 aliphatic heterocycles. The summed E-state index contributed by atoms with van der Waals surface area (Å²) in [7, 11) is -1.35. The van der Waals surface area contributed by atoms with E-state index in [1.54, 1.807) is 31.4 Å². The van der Waals surface area contributed by atoms with Crippen LogP contribution in [0.4, 0.5) is 11.4 Å². The molecule has 0 spiro atoms. The van der Waals surface area contributed by atoms with Crippen LogP contribution >= 0.6 is 0 Å². The summed E-state index contributed by atoms with van der Waals surface area (Å²) >= 11 is 0. The molecule has 27 heavy (non-hydrogen) atoms. The van der Waals surface area contributed by atoms with Gasteiger partial charge in [0, 0.05) is 29.5 Å². The Kier molecular flexibility index (Phi) is 5.70. The average Bonchev–Trinajstić information content (AvgIpc) is 3.03. The molecule has 2 aromatic carbocycles. The number of amides is 1. The van der Waals surface area contributed by atoms with Crippen molar-refractivity contribution in [3.8, 4) is 5.75 Å². The Hall–Kier alpha value is -2.54. The van der Waals surface area contributed by atoms with E-state index >= 15 is 0 Å². The number of hydrogen-bond donors (Lipinski definition) is 1. The number of nitrogens with zero attached hydrogens (tertiary/aromatic N) is 1. The van der Waals surface area contributed by atoms with Crippen molar-refractivity contribution in [2.24, 2.45) is 0 Å². The van der Waals surface area contributed by atoms with Crippen molar-refractivity contribution in [2.45, 2.75) is 19.4 Å². The third-order valence-corrected chi connectivity index (χ3v) is 6.55. The zero-order chi connectivity index (χ0) is 19.4. The summed E-state index contributed by atoms with van der Waals surface area (Å²) in [6.07, 6.45) is 0.659. The molecule has 6 nitrogen and oxygen atoms in total. The van der Waals surface area contributed by atoms with Gasteiger partial charge in [-0.3, -0.25) is 4.79 Å². The van der Waals surface area contributed by atoms with Crippen LogP contribution in [0.1, 0.15) is 23.7 Å². The van der Waals surface area contributed by atoms with E-state index < -0.39 is 9.84 Å². The van der Waals surface area contributed by atoms with Gasteiger partial charge in [-0.2, -0.15) is 0 Å². The first-order valence-electron chi connectivity index (χ1n) is 8.94. The molecule has 1 heterocycles. The lowest BCUT2D eigenvalue weighted by atomic mass is 10.1. The van der Waals surface area contributed by atoms with E-state index in [0.29, 0.717) is 23.4 Å². The summed E-state index contributed by atoms with van der Waals surface area (Å²) in [5, 5.41) is 2.87. The minimum atomic E-state index is -2.93. The Morgan fingerprint density at radius 3 is 2.33 bits per heavy atom. The number of methoxy groups -OCH3 is 1. The smallest absolute Gasteiger partial charge is 0.255 e. The topological polar surface area (TPSA) is 75.7 Å². The van der Waals surface area contributed by atoms with Crippen LogP contribution in [0.15, 0.2) is 48.5 Å². The number of sulfone groups is 1. The molecule has 0 aromatic heterocycles. The van der Waals surface area contributed by atoms with Crippen LogP contribution in [0.25, 0.3) is 0 Å². The lowest BCUT2D eigenvalue weighted by Crippen LogP contribution is -2.36. The molecule has 2 aromatic rings. The zero-order valence-electron chi connectivity index (χ0n) is 15.5. The Morgan fingerprint density at radius 2 is 1.81 bits per heavy atom. The molecule has 1 fully saturated rings. The van der Waals surface area contributed by atoms with Crippen molar-refractivity contribution < 1.29 is 17.9 Å². The first kappa shape index (κ1) is 19.2. The number of rotatable bonds is 6. The third-order valence-electron chi connectivity index (χ3n) is 4.80. The molecule has 0 radical (unpaired) electrons. The number of carbonyl (C=O) groups is 1. The Labute approximate surface area is 160 Å². The van der Waals surface area contributed by atoms with E-state index in [1.165, 1.54) is 0 Å². The maximum Gasteiger partial charge on any atom is 0.255 e. The number of benzene rings is 2. The van der Waals surface area contributed by atoms with Crippen molar-refractivity contribution in [2.75, 3.05) is 35.4 Å². The molecule has 7 heteroatoms. The molecule has 0 saturated carbocycles. The second-order valence-electron chi connectivity index (χ2n) is 6.57. The van der Waals surface area contributed by atoms with Crippen molar-refractivity contribution in [3.63, 3.8) is 0 Å². The molecule has 1 N–H and O–H groups in total. The highest BCUT2D eigenvalue weighted by Gasteiger charge is 2.31. The number of carbonyl (C=O) groups excluding carboxylic acids is 1. The molecule has 144 valence electrons. The predicted molar refractivity (Wildman–Crippen MR) is 107 cm³/mol. The van der Waals surface area contributed by atoms with Gasteiger partial charge in [0.25, 0.3) is 5.91 Å². The van der Waals surface area contributed by atoms with E-state index in [1.807, 2.05) is 31.2 Å². The lowest BCUT2D eigenvalue weighted by Gasteiger charge is -2.29. The van der Waals surface area contributed by atoms with Crippen LogP contribution in [-0.2, 0) is 9.84 Å². The number of nitrogens with one attached hydrogen (secondary N) is 1. The lowest BCUT2D eigenvalue weighted by molar-refractivity contribution is 0.102. The summed E-state index contributed by atoms with van der Waals surface area (Å²) < 4.78 is 28.6. The first-order chi connectivity index (χ1) is 12.9. The van der Waals surface area contributed by atoms with Crippen molar-refractivity contribution in [1.29, 1.82) is 0 Å². The number of hydrogen-bond acceptors (Lipinski definition) is 5. The highest BCUT2D eigenvalue weighted by atomic mass is 32.2. The highest BCUT2D eigenvalue weighted by Crippen LogP contribution is 2.25. The zero-order valence-corrected chi connectivity index (χ0v) is 16.3. The number of ether oxygens (including phenoxy) is 1. The van der Waals surface area contributed by atoms with Gasteiger partial charge < -0.3 is 15.0 Å². The fourth-order valence-corrected chi connectivity index (χ4v) is 5.09. The standard InChI is InChI=1S/C20H24N2O4S/c1-3-22(18-12-13-27(24,25)14-18)17-8-6-16(7-9-17)21-20(23)15-4-10-19(26-2)11-5-15/h4-11,18H,3,12-14H2,1-2H3,(H,21,23). The molecule has 3 rings (SSSR count). The largest absolute Gasteiger partial charge is 0.497 e. The van der Waals surface area contributed by atoms with E-state index in [2.05, 4.69) is 10.2 Å². The van der Waals surface area contributed by atoms with Crippen LogP contribution in [0.5, 0.6) is 5.75 Å². The molecule has 1 atom stereocenters. The van der Waals surface area contributed by atoms with E-state index in [4.69, 9.17) is 4.74 Å². The quantitative estimate of drug-likeness (QED) is 0.823. The monoisotopic (exact) mass is 388 g/mol. The first-order valence-corrected chi connectivity index (χ1v) is 10.8. The minimum Gasteiger partial charge on any atom is -0.497 e. The predicted octanol–water partition coefficient (Wildman–Crippen LogP) is 2.96. The number of anilines is 2. The molecule has 1 amide bonds. The van der Waals surface area contributed by atoms with E-state index in [0.717, 1.165) is 12.2 Å². The van der Waals surface area contributed by atoms with Crippen LogP contribution < -0.4 is 15.0 Å². The van der Waals surface area contributed by atoms with Gasteiger partial charge in [-0.05, 0) is 61.9 Å². The van der Waals surface area contributed by atoms with Crippen LogP contribution in [-0.4, -0.2) is 45.5 Å². The molecule has 1 saturated heterocycles. The summed E-state index contributed by atoms with van der Waals surface area (Å²) in [6, 6.07) is 14.4. The summed E-state index contributed by atoms with van der Waals surface area (Å²) in [5.74, 6) is 0.963. The third kappa shape index (κ3) is 4.60. The Balaban J connectivity index is 1.68. The summed E-state index contributed by atoms with van der Waals surface area (Å²) in [4.78, 5) is 14.5. The maximum absolute atomic E-state index is 12.3. The van der Waals surface area contributed by atoms with Gasteiger partial charge in [-0.25, -0.2) is 8.42 Å².